The van der Waals surface area contributed by atoms with Gasteiger partial charge in [0.2, 0.25) is 0 Å². The second-order valence-electron chi connectivity index (χ2n) is 18.3. The van der Waals surface area contributed by atoms with E-state index in [-0.39, 0.29) is 19.4 Å². The first-order valence-corrected chi connectivity index (χ1v) is 27.0. The Bertz CT molecular complexity index is 1400. The molecule has 0 amide bonds. The molecule has 6 unspecified atom stereocenters. The summed E-state index contributed by atoms with van der Waals surface area (Å²) < 4.78 is 21.8. The van der Waals surface area contributed by atoms with Gasteiger partial charge >= 0.3 is 17.9 Å². The van der Waals surface area contributed by atoms with Gasteiger partial charge in [-0.25, -0.2) is 4.79 Å². The zero-order valence-corrected chi connectivity index (χ0v) is 42.6. The van der Waals surface area contributed by atoms with Crippen molar-refractivity contribution < 1.29 is 53.8 Å². The summed E-state index contributed by atoms with van der Waals surface area (Å²) in [6.07, 6.45) is 50.9. The summed E-state index contributed by atoms with van der Waals surface area (Å²) in [6.45, 7) is 3.70. The molecule has 1 rings (SSSR count). The molecule has 0 spiro atoms. The van der Waals surface area contributed by atoms with Crippen LogP contribution in [0.25, 0.3) is 0 Å². The Labute approximate surface area is 412 Å². The van der Waals surface area contributed by atoms with Crippen molar-refractivity contribution >= 4 is 17.9 Å². The maximum atomic E-state index is 12.9. The molecule has 1 heterocycles. The molecule has 0 aromatic rings. The predicted octanol–water partition coefficient (Wildman–Crippen LogP) is 13.2. The highest BCUT2D eigenvalue weighted by molar-refractivity contribution is 5.73. The fourth-order valence-corrected chi connectivity index (χ4v) is 7.84. The zero-order chi connectivity index (χ0) is 49.6. The van der Waals surface area contributed by atoms with Crippen molar-refractivity contribution in [1.82, 2.24) is 0 Å². The summed E-state index contributed by atoms with van der Waals surface area (Å²) in [5, 5.41) is 40.0. The first-order chi connectivity index (χ1) is 33.2. The predicted molar refractivity (Wildman–Crippen MR) is 275 cm³/mol. The monoisotopic (exact) mass is 957 g/mol. The molecule has 11 heteroatoms. The van der Waals surface area contributed by atoms with Crippen LogP contribution >= 0.6 is 0 Å². The van der Waals surface area contributed by atoms with E-state index in [1.165, 1.54) is 89.9 Å². The van der Waals surface area contributed by atoms with E-state index in [0.29, 0.717) is 12.8 Å². The molecule has 0 aliphatic carbocycles. The Kier molecular flexibility index (Phi) is 42.4. The molecular formula is C57H96O11. The maximum Gasteiger partial charge on any atom is 0.335 e. The molecule has 68 heavy (non-hydrogen) atoms. The largest absolute Gasteiger partial charge is 0.479 e. The number of hydrogen-bond donors (Lipinski definition) is 4. The standard InChI is InChI=1S/C57H96O11/c1-3-5-7-9-11-13-15-17-19-21-23-24-25-26-28-30-32-34-36-38-40-42-44-46-51(59)67-49(48-66-57-54(62)52(60)53(61)55(68-57)56(63)64)47-65-50(58)45-43-41-39-37-35-33-31-29-27-22-20-18-16-14-12-10-8-6-4-2/h6,8,12,14-15,17-18,20-21,23,27,29,49,52-55,57,60-62H,3-5,7,9-11,13,16,19,22,24-26,28,30-48H2,1-2H3,(H,63,64)/b8-6-,14-12-,17-15-,20-18-,23-21-,29-27-. The summed E-state index contributed by atoms with van der Waals surface area (Å²) in [5.41, 5.74) is 0. The Balaban J connectivity index is 2.29. The molecule has 6 atom stereocenters. The van der Waals surface area contributed by atoms with Crippen LogP contribution in [0.15, 0.2) is 72.9 Å². The number of hydrogen-bond acceptors (Lipinski definition) is 10. The quantitative estimate of drug-likeness (QED) is 0.0260. The van der Waals surface area contributed by atoms with Gasteiger partial charge in [-0.1, -0.05) is 196 Å². The van der Waals surface area contributed by atoms with Crippen LogP contribution in [0.1, 0.15) is 219 Å². The van der Waals surface area contributed by atoms with E-state index >= 15 is 0 Å². The van der Waals surface area contributed by atoms with Crippen LogP contribution in [0.3, 0.4) is 0 Å². The van der Waals surface area contributed by atoms with Gasteiger partial charge in [-0.2, -0.15) is 0 Å². The summed E-state index contributed by atoms with van der Waals surface area (Å²) in [5.74, 6) is -2.46. The van der Waals surface area contributed by atoms with Crippen LogP contribution in [0.4, 0.5) is 0 Å². The van der Waals surface area contributed by atoms with E-state index in [1.54, 1.807) is 0 Å². The van der Waals surface area contributed by atoms with Gasteiger partial charge in [0.05, 0.1) is 6.61 Å². The van der Waals surface area contributed by atoms with Crippen molar-refractivity contribution in [3.8, 4) is 0 Å². The molecule has 0 saturated carbocycles. The van der Waals surface area contributed by atoms with Crippen LogP contribution in [-0.2, 0) is 33.3 Å². The van der Waals surface area contributed by atoms with Crippen LogP contribution in [-0.4, -0.2) is 88.4 Å². The Morgan fingerprint density at radius 1 is 0.471 bits per heavy atom. The molecule has 0 radical (unpaired) electrons. The van der Waals surface area contributed by atoms with E-state index in [0.717, 1.165) is 89.9 Å². The number of aliphatic carboxylic acids is 1. The molecule has 0 aromatic carbocycles. The molecule has 1 aliphatic rings. The molecule has 0 bridgehead atoms. The van der Waals surface area contributed by atoms with Crippen molar-refractivity contribution in [2.24, 2.45) is 0 Å². The maximum absolute atomic E-state index is 12.9. The third-order valence-electron chi connectivity index (χ3n) is 12.0. The Hall–Kier alpha value is -3.35. The van der Waals surface area contributed by atoms with Gasteiger partial charge < -0.3 is 39.4 Å². The highest BCUT2D eigenvalue weighted by Gasteiger charge is 2.47. The van der Waals surface area contributed by atoms with Gasteiger partial charge in [0, 0.05) is 12.8 Å². The number of rotatable bonds is 45. The van der Waals surface area contributed by atoms with Gasteiger partial charge in [-0.15, -0.1) is 0 Å². The second-order valence-corrected chi connectivity index (χ2v) is 18.3. The number of aliphatic hydroxyl groups is 3. The van der Waals surface area contributed by atoms with Crippen molar-refractivity contribution in [1.29, 1.82) is 0 Å². The first-order valence-electron chi connectivity index (χ1n) is 27.0. The zero-order valence-electron chi connectivity index (χ0n) is 42.6. The number of allylic oxidation sites excluding steroid dienone is 12. The molecular weight excluding hydrogens is 861 g/mol. The molecule has 11 nitrogen and oxygen atoms in total. The average molecular weight is 957 g/mol. The number of unbranched alkanes of at least 4 members (excludes halogenated alkanes) is 22. The number of ether oxygens (including phenoxy) is 4. The average Bonchev–Trinajstić information content (AvgIpc) is 3.32. The van der Waals surface area contributed by atoms with Gasteiger partial charge in [0.15, 0.2) is 18.5 Å². The number of esters is 2. The van der Waals surface area contributed by atoms with Gasteiger partial charge in [0.1, 0.15) is 24.9 Å². The third kappa shape index (κ3) is 36.6. The number of carbonyl (C=O) groups excluding carboxylic acids is 2. The number of carbonyl (C=O) groups is 3. The van der Waals surface area contributed by atoms with Gasteiger partial charge in [0.25, 0.3) is 0 Å². The first kappa shape index (κ1) is 62.7. The van der Waals surface area contributed by atoms with E-state index < -0.39 is 61.3 Å². The van der Waals surface area contributed by atoms with Crippen LogP contribution in [0.5, 0.6) is 0 Å². The lowest BCUT2D eigenvalue weighted by atomic mass is 9.99. The molecule has 390 valence electrons. The normalized spacial score (nSPS) is 19.5. The molecule has 1 fully saturated rings. The van der Waals surface area contributed by atoms with E-state index in [9.17, 15) is 34.8 Å². The van der Waals surface area contributed by atoms with Crippen molar-refractivity contribution in [2.75, 3.05) is 13.2 Å². The lowest BCUT2D eigenvalue weighted by Gasteiger charge is -2.38. The van der Waals surface area contributed by atoms with Crippen molar-refractivity contribution in [2.45, 2.75) is 256 Å². The van der Waals surface area contributed by atoms with Crippen LogP contribution in [0.2, 0.25) is 0 Å². The highest BCUT2D eigenvalue weighted by atomic mass is 16.7. The summed E-state index contributed by atoms with van der Waals surface area (Å²) in [6, 6.07) is 0. The third-order valence-corrected chi connectivity index (χ3v) is 12.0. The number of carboxylic acid groups (broad SMARTS) is 1. The minimum absolute atomic E-state index is 0.174. The summed E-state index contributed by atoms with van der Waals surface area (Å²) >= 11 is 0. The van der Waals surface area contributed by atoms with Crippen molar-refractivity contribution in [3.63, 3.8) is 0 Å². The summed E-state index contributed by atoms with van der Waals surface area (Å²) in [4.78, 5) is 37.1. The SMILES string of the molecule is CC/C=C\C/C=C\C/C=C\C/C=C\CCCCCCCCC(=O)OCC(COC1OC(C(=O)O)C(O)C(O)C1O)OC(=O)CCCCCCCCCCCCC/C=C\C/C=C\CCCCCCC. The molecule has 0 aromatic heterocycles. The minimum atomic E-state index is -1.87. The van der Waals surface area contributed by atoms with Crippen LogP contribution in [0, 0.1) is 0 Å². The molecule has 4 N–H and O–H groups in total. The van der Waals surface area contributed by atoms with Gasteiger partial charge in [-0.3, -0.25) is 9.59 Å². The number of aliphatic hydroxyl groups excluding tert-OH is 3. The van der Waals surface area contributed by atoms with E-state index in [2.05, 4.69) is 86.8 Å². The van der Waals surface area contributed by atoms with E-state index in [1.807, 2.05) is 0 Å². The lowest BCUT2D eigenvalue weighted by Crippen LogP contribution is -2.60. The van der Waals surface area contributed by atoms with Gasteiger partial charge in [-0.05, 0) is 83.5 Å². The fourth-order valence-electron chi connectivity index (χ4n) is 7.84. The second kappa shape index (κ2) is 46.1. The van der Waals surface area contributed by atoms with Crippen LogP contribution < -0.4 is 0 Å². The topological polar surface area (TPSA) is 169 Å². The minimum Gasteiger partial charge on any atom is -0.479 e. The Morgan fingerprint density at radius 3 is 1.31 bits per heavy atom. The molecule has 1 aliphatic heterocycles. The Morgan fingerprint density at radius 2 is 0.868 bits per heavy atom. The number of carboxylic acids is 1. The highest BCUT2D eigenvalue weighted by Crippen LogP contribution is 2.23. The van der Waals surface area contributed by atoms with Crippen molar-refractivity contribution in [3.05, 3.63) is 72.9 Å². The lowest BCUT2D eigenvalue weighted by molar-refractivity contribution is -0.298. The fraction of sp³-hybridized carbons (Fsp3) is 0.737. The smallest absolute Gasteiger partial charge is 0.335 e. The van der Waals surface area contributed by atoms with E-state index in [4.69, 9.17) is 18.9 Å². The molecule has 1 saturated heterocycles. The summed E-state index contributed by atoms with van der Waals surface area (Å²) in [7, 11) is 0.